The molecule has 0 saturated carbocycles. The molecular formula is C25H32F3N5O2. The Hall–Kier alpha value is -2.72. The lowest BCUT2D eigenvalue weighted by molar-refractivity contribution is -0.137. The Kier molecular flexibility index (Phi) is 7.32. The summed E-state index contributed by atoms with van der Waals surface area (Å²) >= 11 is 0. The number of alkyl halides is 3. The van der Waals surface area contributed by atoms with Crippen molar-refractivity contribution in [3.05, 3.63) is 53.0 Å². The van der Waals surface area contributed by atoms with E-state index >= 15 is 0 Å². The van der Waals surface area contributed by atoms with Crippen molar-refractivity contribution in [3.63, 3.8) is 0 Å². The first kappa shape index (κ1) is 25.4. The zero-order valence-corrected chi connectivity index (χ0v) is 20.2. The number of hydrogen-bond acceptors (Lipinski definition) is 6. The molecule has 190 valence electrons. The van der Waals surface area contributed by atoms with E-state index in [1.54, 1.807) is 4.90 Å². The Labute approximate surface area is 203 Å². The van der Waals surface area contributed by atoms with E-state index in [1.807, 2.05) is 13.8 Å². The SMILES string of the molecule is CC(C)NCC(C(=O)N1CCN(c2ncnc3c2C(C)C[C@H]3O)CC1)c1ccc(C(F)(F)F)cc1. The van der Waals surface area contributed by atoms with Crippen LogP contribution < -0.4 is 10.2 Å². The highest BCUT2D eigenvalue weighted by atomic mass is 19.4. The summed E-state index contributed by atoms with van der Waals surface area (Å²) in [5, 5.41) is 13.5. The number of nitrogens with one attached hydrogen (secondary N) is 1. The molecule has 1 aromatic heterocycles. The van der Waals surface area contributed by atoms with Crippen molar-refractivity contribution in [2.24, 2.45) is 0 Å². The van der Waals surface area contributed by atoms with Crippen molar-refractivity contribution in [2.45, 2.75) is 57.3 Å². The molecule has 0 bridgehead atoms. The number of carbonyl (C=O) groups excluding carboxylic acids is 1. The second kappa shape index (κ2) is 10.1. The van der Waals surface area contributed by atoms with Crippen molar-refractivity contribution in [1.82, 2.24) is 20.2 Å². The first-order chi connectivity index (χ1) is 16.6. The van der Waals surface area contributed by atoms with E-state index in [0.717, 1.165) is 23.5 Å². The van der Waals surface area contributed by atoms with Crippen LogP contribution in [0.1, 0.15) is 67.5 Å². The molecule has 4 rings (SSSR count). The summed E-state index contributed by atoms with van der Waals surface area (Å²) in [6.07, 6.45) is -2.90. The summed E-state index contributed by atoms with van der Waals surface area (Å²) in [4.78, 5) is 26.2. The lowest BCUT2D eigenvalue weighted by Crippen LogP contribution is -2.51. The minimum atomic E-state index is -4.42. The highest BCUT2D eigenvalue weighted by Crippen LogP contribution is 2.42. The van der Waals surface area contributed by atoms with Crippen LogP contribution in [0.15, 0.2) is 30.6 Å². The van der Waals surface area contributed by atoms with Crippen molar-refractivity contribution in [3.8, 4) is 0 Å². The van der Waals surface area contributed by atoms with Crippen molar-refractivity contribution < 1.29 is 23.1 Å². The Balaban J connectivity index is 1.48. The van der Waals surface area contributed by atoms with Crippen LogP contribution >= 0.6 is 0 Å². The van der Waals surface area contributed by atoms with Crippen LogP contribution in [-0.2, 0) is 11.0 Å². The number of aromatic nitrogens is 2. The maximum atomic E-state index is 13.5. The average molecular weight is 492 g/mol. The number of benzene rings is 1. The molecule has 35 heavy (non-hydrogen) atoms. The van der Waals surface area contributed by atoms with E-state index in [0.29, 0.717) is 50.4 Å². The number of nitrogens with zero attached hydrogens (tertiary/aromatic N) is 4. The molecule has 1 saturated heterocycles. The largest absolute Gasteiger partial charge is 0.416 e. The molecular weight excluding hydrogens is 459 g/mol. The summed E-state index contributed by atoms with van der Waals surface area (Å²) in [5.74, 6) is 0.285. The second-order valence-electron chi connectivity index (χ2n) is 9.70. The minimum Gasteiger partial charge on any atom is -0.387 e. The molecule has 3 atom stereocenters. The molecule has 0 spiro atoms. The van der Waals surface area contributed by atoms with Gasteiger partial charge in [0.1, 0.15) is 12.1 Å². The van der Waals surface area contributed by atoms with E-state index in [-0.39, 0.29) is 17.9 Å². The van der Waals surface area contributed by atoms with Crippen molar-refractivity contribution in [1.29, 1.82) is 0 Å². The Morgan fingerprint density at radius 1 is 1.14 bits per heavy atom. The third-order valence-corrected chi connectivity index (χ3v) is 6.84. The number of aliphatic hydroxyl groups excluding tert-OH is 1. The number of halogens is 3. The van der Waals surface area contributed by atoms with Gasteiger partial charge in [0.2, 0.25) is 5.91 Å². The molecule has 2 heterocycles. The number of amides is 1. The molecule has 2 aromatic rings. The highest BCUT2D eigenvalue weighted by molar-refractivity contribution is 5.84. The summed E-state index contributed by atoms with van der Waals surface area (Å²) in [5.41, 5.74) is 1.50. The molecule has 1 aliphatic carbocycles. The van der Waals surface area contributed by atoms with Gasteiger partial charge in [0.15, 0.2) is 0 Å². The molecule has 1 aliphatic heterocycles. The molecule has 2 aliphatic rings. The number of rotatable bonds is 6. The van der Waals surface area contributed by atoms with Gasteiger partial charge < -0.3 is 20.2 Å². The van der Waals surface area contributed by atoms with Gasteiger partial charge in [0, 0.05) is 44.3 Å². The summed E-state index contributed by atoms with van der Waals surface area (Å²) in [6, 6.07) is 5.01. The zero-order valence-electron chi connectivity index (χ0n) is 20.2. The standard InChI is InChI=1S/C25H32F3N5O2/c1-15(2)29-13-19(17-4-6-18(7-5-17)25(26,27)28)24(35)33-10-8-32(9-11-33)23-21-16(3)12-20(34)22(21)30-14-31-23/h4-7,14-16,19-20,29,34H,8-13H2,1-3H3/t16?,19?,20-/m1/s1. The van der Waals surface area contributed by atoms with E-state index in [4.69, 9.17) is 0 Å². The third kappa shape index (κ3) is 5.43. The highest BCUT2D eigenvalue weighted by Gasteiger charge is 2.35. The van der Waals surface area contributed by atoms with Gasteiger partial charge in [-0.05, 0) is 30.0 Å². The van der Waals surface area contributed by atoms with Crippen LogP contribution in [0.25, 0.3) is 0 Å². The first-order valence-electron chi connectivity index (χ1n) is 12.0. The van der Waals surface area contributed by atoms with Crippen LogP contribution in [0.4, 0.5) is 19.0 Å². The molecule has 1 amide bonds. The smallest absolute Gasteiger partial charge is 0.387 e. The van der Waals surface area contributed by atoms with Gasteiger partial charge in [-0.2, -0.15) is 13.2 Å². The fourth-order valence-corrected chi connectivity index (χ4v) is 4.92. The van der Waals surface area contributed by atoms with E-state index in [2.05, 4.69) is 27.1 Å². The van der Waals surface area contributed by atoms with Crippen molar-refractivity contribution in [2.75, 3.05) is 37.6 Å². The van der Waals surface area contributed by atoms with Gasteiger partial charge in [0.05, 0.1) is 23.3 Å². The van der Waals surface area contributed by atoms with Crippen LogP contribution in [0.5, 0.6) is 0 Å². The third-order valence-electron chi connectivity index (χ3n) is 6.84. The minimum absolute atomic E-state index is 0.103. The predicted octanol–water partition coefficient (Wildman–Crippen LogP) is 3.47. The van der Waals surface area contributed by atoms with Gasteiger partial charge in [-0.3, -0.25) is 4.79 Å². The lowest BCUT2D eigenvalue weighted by atomic mass is 9.95. The molecule has 0 radical (unpaired) electrons. The van der Waals surface area contributed by atoms with Crippen molar-refractivity contribution >= 4 is 11.7 Å². The summed E-state index contributed by atoms with van der Waals surface area (Å²) in [7, 11) is 0. The average Bonchev–Trinajstić information content (AvgIpc) is 3.12. The fourth-order valence-electron chi connectivity index (χ4n) is 4.92. The van der Waals surface area contributed by atoms with Crippen LogP contribution in [-0.4, -0.2) is 64.6 Å². The Bertz CT molecular complexity index is 1040. The Morgan fingerprint density at radius 2 is 1.80 bits per heavy atom. The van der Waals surface area contributed by atoms with Gasteiger partial charge in [-0.15, -0.1) is 0 Å². The van der Waals surface area contributed by atoms with Gasteiger partial charge in [-0.25, -0.2) is 9.97 Å². The number of piperazine rings is 1. The zero-order chi connectivity index (χ0) is 25.3. The fraction of sp³-hybridized carbons (Fsp3) is 0.560. The summed E-state index contributed by atoms with van der Waals surface area (Å²) < 4.78 is 39.0. The maximum Gasteiger partial charge on any atom is 0.416 e. The van der Waals surface area contributed by atoms with E-state index < -0.39 is 23.8 Å². The van der Waals surface area contributed by atoms with Crippen LogP contribution in [0.3, 0.4) is 0 Å². The molecule has 2 N–H and O–H groups in total. The quantitative estimate of drug-likeness (QED) is 0.644. The first-order valence-corrected chi connectivity index (χ1v) is 12.0. The lowest BCUT2D eigenvalue weighted by Gasteiger charge is -2.38. The second-order valence-corrected chi connectivity index (χ2v) is 9.70. The number of fused-ring (bicyclic) bond motifs is 1. The predicted molar refractivity (Wildman–Crippen MR) is 126 cm³/mol. The number of hydrogen-bond donors (Lipinski definition) is 2. The normalized spacial score (nSPS) is 21.4. The van der Waals surface area contributed by atoms with Gasteiger partial charge in [-0.1, -0.05) is 32.9 Å². The van der Waals surface area contributed by atoms with Gasteiger partial charge in [0.25, 0.3) is 0 Å². The Morgan fingerprint density at radius 3 is 2.40 bits per heavy atom. The molecule has 1 aromatic carbocycles. The maximum absolute atomic E-state index is 13.5. The molecule has 2 unspecified atom stereocenters. The van der Waals surface area contributed by atoms with E-state index in [1.165, 1.54) is 18.5 Å². The van der Waals surface area contributed by atoms with Gasteiger partial charge >= 0.3 is 6.18 Å². The van der Waals surface area contributed by atoms with Crippen LogP contribution in [0, 0.1) is 0 Å². The van der Waals surface area contributed by atoms with Crippen LogP contribution in [0.2, 0.25) is 0 Å². The number of aliphatic hydroxyl groups is 1. The topological polar surface area (TPSA) is 81.6 Å². The molecule has 7 nitrogen and oxygen atoms in total. The molecule has 1 fully saturated rings. The monoisotopic (exact) mass is 491 g/mol. The van der Waals surface area contributed by atoms with E-state index in [9.17, 15) is 23.1 Å². The molecule has 10 heteroatoms. The summed E-state index contributed by atoms with van der Waals surface area (Å²) in [6.45, 7) is 8.44. The number of anilines is 1. The number of carbonyl (C=O) groups is 1.